The highest BCUT2D eigenvalue weighted by Crippen LogP contribution is 2.34. The zero-order chi connectivity index (χ0) is 19.0. The van der Waals surface area contributed by atoms with E-state index in [4.69, 9.17) is 13.9 Å². The van der Waals surface area contributed by atoms with Crippen LogP contribution in [-0.2, 0) is 20.7 Å². The average molecular weight is 371 g/mol. The van der Waals surface area contributed by atoms with Crippen LogP contribution in [0.2, 0.25) is 0 Å². The number of rotatable bonds is 3. The lowest BCUT2D eigenvalue weighted by Gasteiger charge is -2.43. The van der Waals surface area contributed by atoms with Crippen LogP contribution in [0, 0.1) is 20.8 Å². The summed E-state index contributed by atoms with van der Waals surface area (Å²) in [5.74, 6) is 0.0597. The van der Waals surface area contributed by atoms with E-state index < -0.39 is 0 Å². The van der Waals surface area contributed by atoms with Gasteiger partial charge in [0, 0.05) is 36.8 Å². The van der Waals surface area contributed by atoms with Crippen LogP contribution in [0.25, 0.3) is 11.0 Å². The quantitative estimate of drug-likeness (QED) is 0.893. The first-order chi connectivity index (χ1) is 13.0. The fraction of sp³-hybridized carbons (Fsp3) is 0.591. The zero-order valence-corrected chi connectivity index (χ0v) is 16.5. The van der Waals surface area contributed by atoms with Crippen molar-refractivity contribution in [2.45, 2.75) is 64.5 Å². The molecule has 5 heteroatoms. The molecule has 1 aromatic heterocycles. The third-order valence-electron chi connectivity index (χ3n) is 6.24. The lowest BCUT2D eigenvalue weighted by molar-refractivity contribution is -0.143. The van der Waals surface area contributed by atoms with Crippen LogP contribution in [0.4, 0.5) is 0 Å². The summed E-state index contributed by atoms with van der Waals surface area (Å²) in [5, 5.41) is 4.32. The molecule has 1 spiro atoms. The predicted octanol–water partition coefficient (Wildman–Crippen LogP) is 3.74. The Balaban J connectivity index is 1.45. The Morgan fingerprint density at radius 2 is 1.96 bits per heavy atom. The second-order valence-corrected chi connectivity index (χ2v) is 8.18. The summed E-state index contributed by atoms with van der Waals surface area (Å²) in [6.45, 7) is 8.45. The maximum absolute atomic E-state index is 12.7. The van der Waals surface area contributed by atoms with Gasteiger partial charge in [0.15, 0.2) is 0 Å². The van der Waals surface area contributed by atoms with Crippen molar-refractivity contribution in [2.24, 2.45) is 0 Å². The van der Waals surface area contributed by atoms with E-state index in [2.05, 4.69) is 32.2 Å². The van der Waals surface area contributed by atoms with Crippen LogP contribution < -0.4 is 5.32 Å². The van der Waals surface area contributed by atoms with Crippen LogP contribution in [0.3, 0.4) is 0 Å². The van der Waals surface area contributed by atoms with Crippen LogP contribution >= 0.6 is 0 Å². The van der Waals surface area contributed by atoms with Crippen LogP contribution in [0.1, 0.15) is 47.9 Å². The number of furan rings is 1. The molecule has 1 aromatic carbocycles. The van der Waals surface area contributed by atoms with Crippen molar-refractivity contribution in [2.75, 3.05) is 19.8 Å². The molecule has 1 amide bonds. The number of amides is 1. The van der Waals surface area contributed by atoms with Gasteiger partial charge < -0.3 is 19.2 Å². The minimum absolute atomic E-state index is 0.0597. The van der Waals surface area contributed by atoms with Gasteiger partial charge in [0.1, 0.15) is 5.58 Å². The lowest BCUT2D eigenvalue weighted by atomic mass is 9.84. The molecule has 3 heterocycles. The van der Waals surface area contributed by atoms with E-state index >= 15 is 0 Å². The van der Waals surface area contributed by atoms with Crippen molar-refractivity contribution in [3.05, 3.63) is 34.6 Å². The van der Waals surface area contributed by atoms with Crippen LogP contribution in [0.5, 0.6) is 0 Å². The molecule has 2 saturated heterocycles. The monoisotopic (exact) mass is 371 g/mol. The molecule has 0 bridgehead atoms. The number of nitrogens with one attached hydrogen (secondary N) is 1. The van der Waals surface area contributed by atoms with Gasteiger partial charge in [0.05, 0.1) is 18.3 Å². The van der Waals surface area contributed by atoms with Gasteiger partial charge in [-0.05, 0) is 63.1 Å². The summed E-state index contributed by atoms with van der Waals surface area (Å²) >= 11 is 0. The number of fused-ring (bicyclic) bond motifs is 1. The van der Waals surface area contributed by atoms with Crippen molar-refractivity contribution >= 4 is 16.9 Å². The molecule has 0 unspecified atom stereocenters. The van der Waals surface area contributed by atoms with Crippen molar-refractivity contribution in [3.63, 3.8) is 0 Å². The molecule has 2 fully saturated rings. The van der Waals surface area contributed by atoms with Crippen molar-refractivity contribution in [3.8, 4) is 0 Å². The number of ether oxygens (including phenoxy) is 2. The van der Waals surface area contributed by atoms with E-state index in [1.807, 2.05) is 0 Å². The summed E-state index contributed by atoms with van der Waals surface area (Å²) in [7, 11) is 0. The maximum Gasteiger partial charge on any atom is 0.224 e. The molecule has 2 aromatic rings. The highest BCUT2D eigenvalue weighted by Gasteiger charge is 2.39. The van der Waals surface area contributed by atoms with Gasteiger partial charge in [-0.15, -0.1) is 0 Å². The van der Waals surface area contributed by atoms with E-state index in [-0.39, 0.29) is 17.6 Å². The Morgan fingerprint density at radius 1 is 1.19 bits per heavy atom. The molecule has 1 N–H and O–H groups in total. The Kier molecular flexibility index (Phi) is 4.99. The largest absolute Gasteiger partial charge is 0.464 e. The van der Waals surface area contributed by atoms with Crippen LogP contribution in [0.15, 0.2) is 16.7 Å². The molecule has 5 nitrogen and oxygen atoms in total. The molecule has 27 heavy (non-hydrogen) atoms. The molecule has 2 aliphatic heterocycles. The molecular formula is C22H29NO4. The zero-order valence-electron chi connectivity index (χ0n) is 16.5. The Labute approximate surface area is 160 Å². The fourth-order valence-electron chi connectivity index (χ4n) is 4.61. The van der Waals surface area contributed by atoms with Crippen molar-refractivity contribution in [1.82, 2.24) is 5.32 Å². The third-order valence-corrected chi connectivity index (χ3v) is 6.24. The summed E-state index contributed by atoms with van der Waals surface area (Å²) < 4.78 is 17.4. The molecule has 146 valence electrons. The topological polar surface area (TPSA) is 60.7 Å². The second-order valence-electron chi connectivity index (χ2n) is 8.18. The number of benzene rings is 1. The summed E-state index contributed by atoms with van der Waals surface area (Å²) in [5.41, 5.74) is 5.29. The maximum atomic E-state index is 12.7. The Bertz CT molecular complexity index is 842. The minimum Gasteiger partial charge on any atom is -0.464 e. The number of carbonyl (C=O) groups excluding carboxylic acids is 1. The Hall–Kier alpha value is -1.85. The van der Waals surface area contributed by atoms with E-state index in [0.29, 0.717) is 13.0 Å². The first-order valence-electron chi connectivity index (χ1n) is 9.95. The molecule has 1 atom stereocenters. The molecule has 0 radical (unpaired) electrons. The molecule has 4 rings (SSSR count). The van der Waals surface area contributed by atoms with E-state index in [0.717, 1.165) is 66.6 Å². The number of hydrogen-bond donors (Lipinski definition) is 1. The highest BCUT2D eigenvalue weighted by atomic mass is 16.5. The SMILES string of the molecule is Cc1cc(C)c2c(CC(=O)N[C@H]3CCOC4(CCOCC4)C3)coc2c1C. The Morgan fingerprint density at radius 3 is 2.74 bits per heavy atom. The van der Waals surface area contributed by atoms with E-state index in [1.165, 1.54) is 5.56 Å². The third kappa shape index (κ3) is 3.63. The summed E-state index contributed by atoms with van der Waals surface area (Å²) in [4.78, 5) is 12.7. The lowest BCUT2D eigenvalue weighted by Crippen LogP contribution is -2.51. The second kappa shape index (κ2) is 7.28. The highest BCUT2D eigenvalue weighted by molar-refractivity contribution is 5.92. The van der Waals surface area contributed by atoms with Gasteiger partial charge in [0.25, 0.3) is 0 Å². The first kappa shape index (κ1) is 18.5. The standard InChI is InChI=1S/C22H29NO4/c1-14-10-15(2)20-17(13-26-21(20)16(14)3)11-19(24)23-18-4-7-27-22(12-18)5-8-25-9-6-22/h10,13,18H,4-9,11-12H2,1-3H3,(H,23,24)/t18-/m0/s1. The molecule has 2 aliphatic rings. The van der Waals surface area contributed by atoms with Gasteiger partial charge in [-0.25, -0.2) is 0 Å². The van der Waals surface area contributed by atoms with E-state index in [9.17, 15) is 4.79 Å². The number of hydrogen-bond acceptors (Lipinski definition) is 4. The first-order valence-corrected chi connectivity index (χ1v) is 9.95. The average Bonchev–Trinajstić information content (AvgIpc) is 3.04. The van der Waals surface area contributed by atoms with Gasteiger partial charge in [-0.1, -0.05) is 6.07 Å². The summed E-state index contributed by atoms with van der Waals surface area (Å²) in [6, 6.07) is 2.34. The smallest absolute Gasteiger partial charge is 0.224 e. The van der Waals surface area contributed by atoms with Gasteiger partial charge in [-0.2, -0.15) is 0 Å². The van der Waals surface area contributed by atoms with E-state index in [1.54, 1.807) is 6.26 Å². The van der Waals surface area contributed by atoms with Gasteiger partial charge in [-0.3, -0.25) is 4.79 Å². The normalized spacial score (nSPS) is 22.3. The summed E-state index contributed by atoms with van der Waals surface area (Å²) in [6.07, 6.45) is 5.69. The number of aryl methyl sites for hydroxylation is 3. The number of carbonyl (C=O) groups is 1. The van der Waals surface area contributed by atoms with Gasteiger partial charge >= 0.3 is 0 Å². The molecular weight excluding hydrogens is 342 g/mol. The molecule has 0 aliphatic carbocycles. The van der Waals surface area contributed by atoms with Gasteiger partial charge in [0.2, 0.25) is 5.91 Å². The van der Waals surface area contributed by atoms with Crippen molar-refractivity contribution < 1.29 is 18.7 Å². The van der Waals surface area contributed by atoms with Crippen LogP contribution in [-0.4, -0.2) is 37.4 Å². The minimum atomic E-state index is -0.109. The molecule has 0 saturated carbocycles. The van der Waals surface area contributed by atoms with Crippen molar-refractivity contribution in [1.29, 1.82) is 0 Å². The predicted molar refractivity (Wildman–Crippen MR) is 104 cm³/mol. The fourth-order valence-corrected chi connectivity index (χ4v) is 4.61.